The van der Waals surface area contributed by atoms with Crippen LogP contribution in [0.4, 0.5) is 4.39 Å². The molecule has 0 spiro atoms. The first-order valence-electron chi connectivity index (χ1n) is 4.71. The number of halogens is 2. The highest BCUT2D eigenvalue weighted by Gasteiger charge is 2.06. The molecule has 82 valence electrons. The Morgan fingerprint density at radius 1 is 1.31 bits per heavy atom. The lowest BCUT2D eigenvalue weighted by Crippen LogP contribution is -1.91. The summed E-state index contributed by atoms with van der Waals surface area (Å²) < 4.78 is 19.2. The van der Waals surface area contributed by atoms with E-state index >= 15 is 0 Å². The zero-order valence-corrected chi connectivity index (χ0v) is 10.2. The Bertz CT molecular complexity index is 516. The van der Waals surface area contributed by atoms with Crippen molar-refractivity contribution in [3.05, 3.63) is 52.4 Å². The molecule has 0 aliphatic heterocycles. The van der Waals surface area contributed by atoms with E-state index in [1.165, 1.54) is 12.1 Å². The van der Waals surface area contributed by atoms with E-state index in [1.807, 2.05) is 13.0 Å². The van der Waals surface area contributed by atoms with Crippen LogP contribution in [0.3, 0.4) is 0 Å². The van der Waals surface area contributed by atoms with E-state index in [2.05, 4.69) is 20.9 Å². The molecular formula is C12H9BrFNO. The van der Waals surface area contributed by atoms with Crippen LogP contribution >= 0.6 is 15.9 Å². The van der Waals surface area contributed by atoms with Crippen molar-refractivity contribution in [2.24, 2.45) is 0 Å². The number of nitrogens with zero attached hydrogens (tertiary/aromatic N) is 1. The van der Waals surface area contributed by atoms with E-state index in [-0.39, 0.29) is 5.82 Å². The van der Waals surface area contributed by atoms with Gasteiger partial charge in [0.05, 0.1) is 4.47 Å². The van der Waals surface area contributed by atoms with Crippen LogP contribution in [0, 0.1) is 12.7 Å². The molecular weight excluding hydrogens is 273 g/mol. The topological polar surface area (TPSA) is 22.1 Å². The van der Waals surface area contributed by atoms with Crippen molar-refractivity contribution in [2.45, 2.75) is 6.92 Å². The van der Waals surface area contributed by atoms with Gasteiger partial charge in [-0.2, -0.15) is 0 Å². The normalized spacial score (nSPS) is 10.2. The van der Waals surface area contributed by atoms with E-state index < -0.39 is 0 Å². The van der Waals surface area contributed by atoms with Crippen molar-refractivity contribution in [2.75, 3.05) is 0 Å². The maximum absolute atomic E-state index is 12.9. The molecule has 0 saturated heterocycles. The van der Waals surface area contributed by atoms with Gasteiger partial charge in [0.1, 0.15) is 11.6 Å². The Hall–Kier alpha value is -1.42. The molecule has 0 bridgehead atoms. The van der Waals surface area contributed by atoms with Crippen LogP contribution in [-0.2, 0) is 0 Å². The summed E-state index contributed by atoms with van der Waals surface area (Å²) in [6.07, 6.45) is 1.65. The van der Waals surface area contributed by atoms with Crippen molar-refractivity contribution in [1.82, 2.24) is 4.98 Å². The Morgan fingerprint density at radius 3 is 2.88 bits per heavy atom. The second-order valence-electron chi connectivity index (χ2n) is 3.31. The summed E-state index contributed by atoms with van der Waals surface area (Å²) in [6, 6.07) is 7.82. The van der Waals surface area contributed by atoms with Crippen LogP contribution in [-0.4, -0.2) is 4.98 Å². The largest absolute Gasteiger partial charge is 0.438 e. The molecule has 0 aliphatic carbocycles. The fourth-order valence-electron chi connectivity index (χ4n) is 1.23. The predicted octanol–water partition coefficient (Wildman–Crippen LogP) is 4.08. The molecule has 0 fully saturated rings. The third-order valence-corrected chi connectivity index (χ3v) is 3.03. The number of hydrogen-bond donors (Lipinski definition) is 0. The van der Waals surface area contributed by atoms with Crippen molar-refractivity contribution >= 4 is 15.9 Å². The van der Waals surface area contributed by atoms with E-state index in [4.69, 9.17) is 4.74 Å². The van der Waals surface area contributed by atoms with Gasteiger partial charge in [-0.3, -0.25) is 0 Å². The minimum absolute atomic E-state index is 0.332. The maximum Gasteiger partial charge on any atom is 0.233 e. The van der Waals surface area contributed by atoms with Gasteiger partial charge in [-0.25, -0.2) is 9.37 Å². The average molecular weight is 282 g/mol. The summed E-state index contributed by atoms with van der Waals surface area (Å²) >= 11 is 3.37. The van der Waals surface area contributed by atoms with Crippen LogP contribution in [0.15, 0.2) is 41.0 Å². The van der Waals surface area contributed by atoms with Crippen molar-refractivity contribution in [1.29, 1.82) is 0 Å². The lowest BCUT2D eigenvalue weighted by molar-refractivity contribution is 0.454. The molecule has 2 nitrogen and oxygen atoms in total. The lowest BCUT2D eigenvalue weighted by atomic mass is 10.3. The van der Waals surface area contributed by atoms with Crippen LogP contribution in [0.2, 0.25) is 0 Å². The second-order valence-corrected chi connectivity index (χ2v) is 4.10. The van der Waals surface area contributed by atoms with Crippen molar-refractivity contribution in [3.63, 3.8) is 0 Å². The summed E-state index contributed by atoms with van der Waals surface area (Å²) in [4.78, 5) is 4.07. The second kappa shape index (κ2) is 4.61. The third-order valence-electron chi connectivity index (χ3n) is 2.06. The standard InChI is InChI=1S/C12H9BrFNO/c1-8-5-6-15-12(11(8)13)16-10-4-2-3-9(14)7-10/h2-7H,1H3. The van der Waals surface area contributed by atoms with Gasteiger partial charge in [-0.15, -0.1) is 0 Å². The van der Waals surface area contributed by atoms with Crippen LogP contribution in [0.5, 0.6) is 11.6 Å². The summed E-state index contributed by atoms with van der Waals surface area (Å²) in [5.41, 5.74) is 1.02. The van der Waals surface area contributed by atoms with E-state index in [9.17, 15) is 4.39 Å². The Kier molecular flexibility index (Phi) is 3.19. The highest BCUT2D eigenvalue weighted by molar-refractivity contribution is 9.10. The summed E-state index contributed by atoms with van der Waals surface area (Å²) in [5.74, 6) is 0.533. The fraction of sp³-hybridized carbons (Fsp3) is 0.0833. The molecule has 0 unspecified atom stereocenters. The molecule has 0 amide bonds. The molecule has 0 atom stereocenters. The van der Waals surface area contributed by atoms with Gasteiger partial charge in [-0.05, 0) is 46.6 Å². The van der Waals surface area contributed by atoms with Gasteiger partial charge in [0, 0.05) is 12.3 Å². The molecule has 1 heterocycles. The molecule has 1 aromatic carbocycles. The monoisotopic (exact) mass is 281 g/mol. The first kappa shape index (κ1) is 11.1. The van der Waals surface area contributed by atoms with Gasteiger partial charge in [0.15, 0.2) is 0 Å². The molecule has 16 heavy (non-hydrogen) atoms. The van der Waals surface area contributed by atoms with E-state index in [0.29, 0.717) is 11.6 Å². The average Bonchev–Trinajstić information content (AvgIpc) is 2.25. The van der Waals surface area contributed by atoms with Gasteiger partial charge in [0.2, 0.25) is 5.88 Å². The van der Waals surface area contributed by atoms with Crippen molar-refractivity contribution < 1.29 is 9.13 Å². The van der Waals surface area contributed by atoms with Crippen LogP contribution in [0.1, 0.15) is 5.56 Å². The Labute approximate surface area is 101 Å². The molecule has 0 radical (unpaired) electrons. The predicted molar refractivity (Wildman–Crippen MR) is 63.1 cm³/mol. The van der Waals surface area contributed by atoms with Gasteiger partial charge in [-0.1, -0.05) is 6.07 Å². The van der Waals surface area contributed by atoms with Gasteiger partial charge in [0.25, 0.3) is 0 Å². The number of aromatic nitrogens is 1. The molecule has 2 rings (SSSR count). The molecule has 0 aliphatic rings. The Morgan fingerprint density at radius 2 is 2.12 bits per heavy atom. The van der Waals surface area contributed by atoms with Crippen molar-refractivity contribution in [3.8, 4) is 11.6 Å². The highest BCUT2D eigenvalue weighted by atomic mass is 79.9. The quantitative estimate of drug-likeness (QED) is 0.827. The number of benzene rings is 1. The zero-order valence-electron chi connectivity index (χ0n) is 8.58. The maximum atomic E-state index is 12.9. The number of rotatable bonds is 2. The van der Waals surface area contributed by atoms with Gasteiger partial charge >= 0.3 is 0 Å². The summed E-state index contributed by atoms with van der Waals surface area (Å²) in [5, 5.41) is 0. The summed E-state index contributed by atoms with van der Waals surface area (Å²) in [7, 11) is 0. The lowest BCUT2D eigenvalue weighted by Gasteiger charge is -2.07. The molecule has 2 aromatic rings. The number of pyridine rings is 1. The highest BCUT2D eigenvalue weighted by Crippen LogP contribution is 2.29. The Balaban J connectivity index is 2.31. The minimum atomic E-state index is -0.332. The third kappa shape index (κ3) is 2.39. The van der Waals surface area contributed by atoms with E-state index in [1.54, 1.807) is 18.3 Å². The van der Waals surface area contributed by atoms with Crippen LogP contribution < -0.4 is 4.74 Å². The summed E-state index contributed by atoms with van der Waals surface area (Å²) in [6.45, 7) is 1.93. The zero-order chi connectivity index (χ0) is 11.5. The first-order valence-corrected chi connectivity index (χ1v) is 5.50. The number of aryl methyl sites for hydroxylation is 1. The van der Waals surface area contributed by atoms with E-state index in [0.717, 1.165) is 10.0 Å². The smallest absolute Gasteiger partial charge is 0.233 e. The number of hydrogen-bond acceptors (Lipinski definition) is 2. The fourth-order valence-corrected chi connectivity index (χ4v) is 1.54. The molecule has 0 saturated carbocycles. The SMILES string of the molecule is Cc1ccnc(Oc2cccc(F)c2)c1Br. The molecule has 0 N–H and O–H groups in total. The van der Waals surface area contributed by atoms with Gasteiger partial charge < -0.3 is 4.74 Å². The molecule has 1 aromatic heterocycles. The van der Waals surface area contributed by atoms with Crippen LogP contribution in [0.25, 0.3) is 0 Å². The number of ether oxygens (including phenoxy) is 1. The first-order chi connectivity index (χ1) is 7.66. The molecule has 4 heteroatoms. The minimum Gasteiger partial charge on any atom is -0.438 e.